The maximum atomic E-state index is 13.1. The largest absolute Gasteiger partial charge is 0.481 e. The first kappa shape index (κ1) is 50.7. The number of nitrogens with one attached hydrogen (secondary N) is 2. The van der Waals surface area contributed by atoms with Gasteiger partial charge in [0.1, 0.15) is 11.4 Å². The van der Waals surface area contributed by atoms with Gasteiger partial charge in [0.25, 0.3) is 11.8 Å². The highest BCUT2D eigenvalue weighted by molar-refractivity contribution is 6.36. The van der Waals surface area contributed by atoms with Gasteiger partial charge in [-0.3, -0.25) is 19.3 Å². The number of aliphatic hydroxyl groups excluding tert-OH is 1. The van der Waals surface area contributed by atoms with E-state index >= 15 is 0 Å². The molecule has 0 saturated carbocycles. The molecule has 61 heavy (non-hydrogen) atoms. The number of likely N-dealkylation sites (N-methyl/N-ethyl adjacent to an activating group) is 1. The molecule has 0 fully saturated rings. The molecule has 0 bridgehead atoms. The Balaban J connectivity index is 0.000000378. The molecule has 2 heterocycles. The van der Waals surface area contributed by atoms with Crippen LogP contribution in [0, 0.1) is 18.8 Å². The zero-order valence-electron chi connectivity index (χ0n) is 38.9. The van der Waals surface area contributed by atoms with Crippen LogP contribution in [0.3, 0.4) is 0 Å². The normalized spacial score (nSPS) is 15.7. The SMILES string of the molecule is C=C1N(C)C=C(C(=O)Nc2cccc(-c3cccc(-c4cc5c(c(OC)n4)C(C)CC5)c3Cl)c2C)C(=O)N1C.CCC(C)C(=O)NC(CC)(CC)CC[C@H](C)CC.CCCO. The standard InChI is InChI=1S/C31H31ClN4O3.C16H33NO.C3H8O/c1-17-13-14-20-15-26(34-30(39-6)27(17)20)23-11-7-10-22(28(23)32)21-9-8-12-25(18(21)2)33-29(37)24-16-35(4)19(3)36(5)31(24)38;1-7-13(5)11-12-16(9-3,10-4)17-15(18)14(6)8-2;1-2-3-4/h7-12,15-17H,3,13-14H2,1-2,4-6H3,(H,33,37);13-14H,7-12H2,1-6H3,(H,17,18);4H,2-3H2,1H3/t;13-,14?;/m.1./s1. The Hall–Kier alpha value is -4.67. The number of carbonyl (C=O) groups excluding carboxylic acids is 3. The summed E-state index contributed by atoms with van der Waals surface area (Å²) < 4.78 is 5.66. The second kappa shape index (κ2) is 23.5. The quantitative estimate of drug-likeness (QED) is 0.130. The fourth-order valence-electron chi connectivity index (χ4n) is 7.47. The van der Waals surface area contributed by atoms with Crippen molar-refractivity contribution < 1.29 is 24.2 Å². The van der Waals surface area contributed by atoms with E-state index in [0.717, 1.165) is 78.8 Å². The molecule has 1 aromatic heterocycles. The van der Waals surface area contributed by atoms with Crippen LogP contribution in [-0.2, 0) is 20.8 Å². The van der Waals surface area contributed by atoms with Crippen LogP contribution in [0.1, 0.15) is 129 Å². The Morgan fingerprint density at radius 2 is 1.66 bits per heavy atom. The third-order valence-corrected chi connectivity index (χ3v) is 12.9. The molecule has 3 aromatic rings. The molecule has 0 saturated heterocycles. The predicted molar refractivity (Wildman–Crippen MR) is 252 cm³/mol. The molecule has 2 aliphatic rings. The summed E-state index contributed by atoms with van der Waals surface area (Å²) in [5.41, 5.74) is 7.17. The number of aliphatic hydroxyl groups is 1. The van der Waals surface area contributed by atoms with Gasteiger partial charge in [0, 0.05) is 60.7 Å². The monoisotopic (exact) mass is 858 g/mol. The molecule has 1 aliphatic heterocycles. The molecule has 3 amide bonds. The van der Waals surface area contributed by atoms with Crippen molar-refractivity contribution in [3.8, 4) is 28.3 Å². The average molecular weight is 859 g/mol. The van der Waals surface area contributed by atoms with Gasteiger partial charge in [0.2, 0.25) is 11.8 Å². The highest BCUT2D eigenvalue weighted by Gasteiger charge is 2.31. The van der Waals surface area contributed by atoms with Gasteiger partial charge in [-0.25, -0.2) is 4.98 Å². The minimum Gasteiger partial charge on any atom is -0.481 e. The number of aryl methyl sites for hydroxylation is 1. The first-order valence-corrected chi connectivity index (χ1v) is 22.5. The Morgan fingerprint density at radius 1 is 1.03 bits per heavy atom. The number of halogens is 1. The molecule has 5 rings (SSSR count). The Kier molecular flexibility index (Phi) is 19.5. The number of benzene rings is 2. The number of pyridine rings is 1. The second-order valence-electron chi connectivity index (χ2n) is 16.6. The summed E-state index contributed by atoms with van der Waals surface area (Å²) in [7, 11) is 4.99. The van der Waals surface area contributed by atoms with Crippen LogP contribution in [0.2, 0.25) is 5.02 Å². The van der Waals surface area contributed by atoms with Crippen molar-refractivity contribution in [2.24, 2.45) is 11.8 Å². The van der Waals surface area contributed by atoms with Crippen LogP contribution < -0.4 is 15.4 Å². The number of ether oxygens (including phenoxy) is 1. The molecule has 1 aliphatic carbocycles. The third kappa shape index (κ3) is 12.5. The van der Waals surface area contributed by atoms with Gasteiger partial charge < -0.3 is 25.4 Å². The molecule has 2 unspecified atom stereocenters. The fraction of sp³-hybridized carbons (Fsp3) is 0.520. The van der Waals surface area contributed by atoms with E-state index in [1.165, 1.54) is 35.1 Å². The van der Waals surface area contributed by atoms with Crippen LogP contribution in [-0.4, -0.2) is 71.0 Å². The second-order valence-corrected chi connectivity index (χ2v) is 17.0. The smallest absolute Gasteiger partial charge is 0.266 e. The van der Waals surface area contributed by atoms with E-state index in [1.807, 2.05) is 57.2 Å². The summed E-state index contributed by atoms with van der Waals surface area (Å²) in [5.74, 6) is 1.77. The lowest BCUT2D eigenvalue weighted by Crippen LogP contribution is -2.49. The number of hydrogen-bond donors (Lipinski definition) is 3. The summed E-state index contributed by atoms with van der Waals surface area (Å²) in [5, 5.41) is 14.7. The Bertz CT molecular complexity index is 2020. The zero-order valence-corrected chi connectivity index (χ0v) is 39.7. The van der Waals surface area contributed by atoms with E-state index in [-0.39, 0.29) is 22.9 Å². The summed E-state index contributed by atoms with van der Waals surface area (Å²) in [4.78, 5) is 45.8. The zero-order chi connectivity index (χ0) is 45.6. The summed E-state index contributed by atoms with van der Waals surface area (Å²) >= 11 is 7.03. The van der Waals surface area contributed by atoms with Gasteiger partial charge in [-0.2, -0.15) is 0 Å². The highest BCUT2D eigenvalue weighted by atomic mass is 35.5. The molecule has 10 nitrogen and oxygen atoms in total. The highest BCUT2D eigenvalue weighted by Crippen LogP contribution is 2.43. The van der Waals surface area contributed by atoms with Gasteiger partial charge >= 0.3 is 0 Å². The first-order valence-electron chi connectivity index (χ1n) is 22.1. The van der Waals surface area contributed by atoms with Crippen LogP contribution in [0.15, 0.2) is 66.6 Å². The van der Waals surface area contributed by atoms with Crippen molar-refractivity contribution in [2.45, 2.75) is 132 Å². The van der Waals surface area contributed by atoms with Crippen LogP contribution in [0.4, 0.5) is 5.69 Å². The number of carbonyl (C=O) groups is 3. The summed E-state index contributed by atoms with van der Waals surface area (Å²) in [6.07, 6.45) is 11.0. The van der Waals surface area contributed by atoms with Crippen molar-refractivity contribution in [3.63, 3.8) is 0 Å². The van der Waals surface area contributed by atoms with Crippen LogP contribution >= 0.6 is 11.6 Å². The van der Waals surface area contributed by atoms with Crippen molar-refractivity contribution in [2.75, 3.05) is 33.1 Å². The number of hydrogen-bond acceptors (Lipinski definition) is 7. The number of amides is 3. The van der Waals surface area contributed by atoms with Crippen LogP contribution in [0.5, 0.6) is 5.88 Å². The number of aromatic nitrogens is 1. The lowest BCUT2D eigenvalue weighted by molar-refractivity contribution is -0.129. The van der Waals surface area contributed by atoms with E-state index in [2.05, 4.69) is 64.8 Å². The average Bonchev–Trinajstić information content (AvgIpc) is 3.65. The van der Waals surface area contributed by atoms with E-state index in [9.17, 15) is 14.4 Å². The minimum absolute atomic E-state index is 0.0178. The fourth-order valence-corrected chi connectivity index (χ4v) is 7.79. The van der Waals surface area contributed by atoms with E-state index < -0.39 is 11.8 Å². The van der Waals surface area contributed by atoms with E-state index in [1.54, 1.807) is 26.1 Å². The van der Waals surface area contributed by atoms with Crippen LogP contribution in [0.25, 0.3) is 22.4 Å². The molecule has 3 atom stereocenters. The lowest BCUT2D eigenvalue weighted by atomic mass is 9.84. The number of methoxy groups -OCH3 is 1. The lowest BCUT2D eigenvalue weighted by Gasteiger charge is -2.35. The molecule has 2 aromatic carbocycles. The van der Waals surface area contributed by atoms with Gasteiger partial charge in [-0.1, -0.05) is 110 Å². The van der Waals surface area contributed by atoms with Crippen molar-refractivity contribution in [1.29, 1.82) is 0 Å². The third-order valence-electron chi connectivity index (χ3n) is 12.5. The predicted octanol–water partition coefficient (Wildman–Crippen LogP) is 11.1. The number of anilines is 1. The molecule has 334 valence electrons. The van der Waals surface area contributed by atoms with Crippen molar-refractivity contribution in [3.05, 3.63) is 88.4 Å². The van der Waals surface area contributed by atoms with Gasteiger partial charge in [0.15, 0.2) is 0 Å². The van der Waals surface area contributed by atoms with Gasteiger partial charge in [0.05, 0.1) is 17.8 Å². The molecule has 0 spiro atoms. The maximum Gasteiger partial charge on any atom is 0.266 e. The van der Waals surface area contributed by atoms with Gasteiger partial charge in [-0.15, -0.1) is 0 Å². The molecule has 3 N–H and O–H groups in total. The van der Waals surface area contributed by atoms with E-state index in [0.29, 0.717) is 34.9 Å². The van der Waals surface area contributed by atoms with Gasteiger partial charge in [-0.05, 0) is 98.9 Å². The van der Waals surface area contributed by atoms with Crippen molar-refractivity contribution >= 4 is 35.0 Å². The first-order chi connectivity index (χ1) is 29.0. The Labute approximate surface area is 371 Å². The van der Waals surface area contributed by atoms with E-state index in [4.69, 9.17) is 26.4 Å². The summed E-state index contributed by atoms with van der Waals surface area (Å²) in [6, 6.07) is 13.6. The number of fused-ring (bicyclic) bond motifs is 1. The number of nitrogens with zero attached hydrogens (tertiary/aromatic N) is 3. The minimum atomic E-state index is -0.491. The Morgan fingerprint density at radius 3 is 2.25 bits per heavy atom. The molecular formula is C50H72ClN5O5. The molecule has 0 radical (unpaired) electrons. The summed E-state index contributed by atoms with van der Waals surface area (Å²) in [6.45, 7) is 23.2. The van der Waals surface area contributed by atoms with Crippen molar-refractivity contribution in [1.82, 2.24) is 20.1 Å². The molecular weight excluding hydrogens is 786 g/mol. The molecule has 11 heteroatoms. The topological polar surface area (TPSA) is 124 Å². The number of rotatable bonds is 15. The maximum absolute atomic E-state index is 13.1.